The first-order valence-corrected chi connectivity index (χ1v) is 9.95. The Kier molecular flexibility index (Phi) is 4.25. The predicted octanol–water partition coefficient (Wildman–Crippen LogP) is 2.81. The molecule has 0 amide bonds. The number of rotatable bonds is 7. The molecule has 3 rings (SSSR count). The van der Waals surface area contributed by atoms with Gasteiger partial charge in [0.25, 0.3) is 0 Å². The minimum Gasteiger partial charge on any atom is -0.391 e. The van der Waals surface area contributed by atoms with Gasteiger partial charge in [-0.05, 0) is 59.5 Å². The summed E-state index contributed by atoms with van der Waals surface area (Å²) < 4.78 is 27.9. The van der Waals surface area contributed by atoms with Crippen LogP contribution in [-0.4, -0.2) is 30.9 Å². The minimum atomic E-state index is -3.45. The van der Waals surface area contributed by atoms with Crippen molar-refractivity contribution in [2.75, 3.05) is 13.1 Å². The summed E-state index contributed by atoms with van der Waals surface area (Å²) in [6.07, 6.45) is 4.57. The van der Waals surface area contributed by atoms with E-state index in [1.807, 2.05) is 0 Å². The number of sulfonamides is 1. The third-order valence-corrected chi connectivity index (χ3v) is 7.87. The Morgan fingerprint density at radius 3 is 2.20 bits per heavy atom. The average molecular weight is 380 g/mol. The van der Waals surface area contributed by atoms with Crippen LogP contribution in [0, 0.1) is 11.8 Å². The van der Waals surface area contributed by atoms with Gasteiger partial charge in [0.2, 0.25) is 10.0 Å². The van der Waals surface area contributed by atoms with Crippen LogP contribution in [0.3, 0.4) is 0 Å². The van der Waals surface area contributed by atoms with Gasteiger partial charge in [0.05, 0.1) is 10.4 Å². The summed E-state index contributed by atoms with van der Waals surface area (Å²) in [5, 5.41) is 9.17. The largest absolute Gasteiger partial charge is 0.391 e. The van der Waals surface area contributed by atoms with Crippen molar-refractivity contribution < 1.29 is 13.5 Å². The molecule has 0 atom stereocenters. The number of aliphatic hydroxyl groups excluding tert-OH is 1. The molecule has 2 saturated carbocycles. The van der Waals surface area contributed by atoms with Crippen molar-refractivity contribution in [2.45, 2.75) is 37.2 Å². The lowest BCUT2D eigenvalue weighted by Crippen LogP contribution is -2.34. The highest BCUT2D eigenvalue weighted by atomic mass is 79.9. The number of nitrogens with zero attached hydrogens (tertiary/aromatic N) is 1. The van der Waals surface area contributed by atoms with Crippen LogP contribution < -0.4 is 0 Å². The fraction of sp³-hybridized carbons (Fsp3) is 0.692. The maximum absolute atomic E-state index is 12.8. The second-order valence-corrected chi connectivity index (χ2v) is 10.1. The lowest BCUT2D eigenvalue weighted by atomic mass is 10.4. The van der Waals surface area contributed by atoms with Gasteiger partial charge in [-0.3, -0.25) is 0 Å². The monoisotopic (exact) mass is 379 g/mol. The molecular formula is C13H18BrNO3S2. The maximum atomic E-state index is 12.8. The van der Waals surface area contributed by atoms with Crippen molar-refractivity contribution in [1.29, 1.82) is 0 Å². The molecular weight excluding hydrogens is 362 g/mol. The molecule has 0 bridgehead atoms. The summed E-state index contributed by atoms with van der Waals surface area (Å²) in [6, 6.07) is 1.59. The zero-order chi connectivity index (χ0) is 14.3. The summed E-state index contributed by atoms with van der Waals surface area (Å²) in [5.74, 6) is 1.08. The summed E-state index contributed by atoms with van der Waals surface area (Å²) in [4.78, 5) is 0.987. The van der Waals surface area contributed by atoms with Crippen LogP contribution in [0.15, 0.2) is 14.7 Å². The molecule has 0 radical (unpaired) electrons. The second kappa shape index (κ2) is 5.68. The average Bonchev–Trinajstić information content (AvgIpc) is 3.30. The summed E-state index contributed by atoms with van der Waals surface area (Å²) in [5.41, 5.74) is 0. The number of aliphatic hydroxyl groups is 1. The van der Waals surface area contributed by atoms with E-state index in [9.17, 15) is 13.5 Å². The van der Waals surface area contributed by atoms with Gasteiger partial charge in [-0.25, -0.2) is 8.42 Å². The van der Waals surface area contributed by atoms with E-state index in [2.05, 4.69) is 15.9 Å². The second-order valence-electron chi connectivity index (χ2n) is 5.72. The lowest BCUT2D eigenvalue weighted by Gasteiger charge is -2.21. The minimum absolute atomic E-state index is 0.121. The Morgan fingerprint density at radius 2 is 1.80 bits per heavy atom. The summed E-state index contributed by atoms with van der Waals surface area (Å²) >= 11 is 4.62. The summed E-state index contributed by atoms with van der Waals surface area (Å²) in [6.45, 7) is 1.18. The Balaban J connectivity index is 1.86. The van der Waals surface area contributed by atoms with Gasteiger partial charge in [-0.1, -0.05) is 0 Å². The Labute approximate surface area is 132 Å². The van der Waals surface area contributed by atoms with Crippen LogP contribution in [0.5, 0.6) is 0 Å². The molecule has 1 N–H and O–H groups in total. The normalized spacial score (nSPS) is 19.8. The molecule has 2 aliphatic rings. The maximum Gasteiger partial charge on any atom is 0.245 e. The highest BCUT2D eigenvalue weighted by molar-refractivity contribution is 9.11. The fourth-order valence-electron chi connectivity index (χ4n) is 2.24. The third kappa shape index (κ3) is 3.27. The SMILES string of the molecule is O=S(=O)(c1cc(CO)sc1Br)N(CC1CC1)CC1CC1. The van der Waals surface area contributed by atoms with Crippen molar-refractivity contribution in [3.8, 4) is 0 Å². The molecule has 1 heterocycles. The van der Waals surface area contributed by atoms with Crippen molar-refractivity contribution in [2.24, 2.45) is 11.8 Å². The van der Waals surface area contributed by atoms with Gasteiger partial charge in [0.15, 0.2) is 0 Å². The molecule has 2 fully saturated rings. The Bertz CT molecular complexity index is 577. The van der Waals surface area contributed by atoms with Gasteiger partial charge < -0.3 is 5.11 Å². The van der Waals surface area contributed by atoms with Crippen LogP contribution in [0.4, 0.5) is 0 Å². The Morgan fingerprint density at radius 1 is 1.25 bits per heavy atom. The van der Waals surface area contributed by atoms with Crippen LogP contribution in [-0.2, 0) is 16.6 Å². The van der Waals surface area contributed by atoms with Crippen molar-refractivity contribution in [3.05, 3.63) is 14.7 Å². The van der Waals surface area contributed by atoms with Crippen LogP contribution in [0.25, 0.3) is 0 Å². The fourth-order valence-corrected chi connectivity index (χ4v) is 6.32. The van der Waals surface area contributed by atoms with Gasteiger partial charge >= 0.3 is 0 Å². The van der Waals surface area contributed by atoms with E-state index in [-0.39, 0.29) is 6.61 Å². The first-order valence-electron chi connectivity index (χ1n) is 6.90. The molecule has 4 nitrogen and oxygen atoms in total. The number of halogens is 1. The van der Waals surface area contributed by atoms with E-state index in [4.69, 9.17) is 0 Å². The highest BCUT2D eigenvalue weighted by Gasteiger charge is 2.37. The quantitative estimate of drug-likeness (QED) is 0.792. The van der Waals surface area contributed by atoms with Crippen LogP contribution in [0.2, 0.25) is 0 Å². The molecule has 20 heavy (non-hydrogen) atoms. The van der Waals surface area contributed by atoms with Crippen molar-refractivity contribution in [3.63, 3.8) is 0 Å². The van der Waals surface area contributed by atoms with E-state index in [0.717, 1.165) is 25.7 Å². The number of hydrogen-bond donors (Lipinski definition) is 1. The van der Waals surface area contributed by atoms with Crippen LogP contribution in [0.1, 0.15) is 30.6 Å². The van der Waals surface area contributed by atoms with Gasteiger partial charge in [-0.2, -0.15) is 4.31 Å². The lowest BCUT2D eigenvalue weighted by molar-refractivity contribution is 0.285. The smallest absolute Gasteiger partial charge is 0.245 e. The summed E-state index contributed by atoms with van der Waals surface area (Å²) in [7, 11) is -3.45. The molecule has 0 spiro atoms. The molecule has 7 heteroatoms. The van der Waals surface area contributed by atoms with Crippen molar-refractivity contribution in [1.82, 2.24) is 4.31 Å². The van der Waals surface area contributed by atoms with Gasteiger partial charge in [0.1, 0.15) is 4.90 Å². The predicted molar refractivity (Wildman–Crippen MR) is 82.1 cm³/mol. The molecule has 0 saturated heterocycles. The van der Waals surface area contributed by atoms with Crippen LogP contribution >= 0.6 is 27.3 Å². The molecule has 0 aliphatic heterocycles. The van der Waals surface area contributed by atoms with E-state index in [0.29, 0.717) is 38.5 Å². The third-order valence-electron chi connectivity index (χ3n) is 3.80. The van der Waals surface area contributed by atoms with Crippen molar-refractivity contribution >= 4 is 37.3 Å². The molecule has 2 aliphatic carbocycles. The first kappa shape index (κ1) is 15.0. The van der Waals surface area contributed by atoms with E-state index in [1.165, 1.54) is 11.3 Å². The highest BCUT2D eigenvalue weighted by Crippen LogP contribution is 2.39. The standard InChI is InChI=1S/C13H18BrNO3S2/c14-13-12(5-11(8-16)19-13)20(17,18)15(6-9-1-2-9)7-10-3-4-10/h5,9-10,16H,1-4,6-8H2. The van der Waals surface area contributed by atoms with Gasteiger partial charge in [0, 0.05) is 18.0 Å². The number of hydrogen-bond acceptors (Lipinski definition) is 4. The molecule has 1 aromatic rings. The molecule has 0 aromatic carbocycles. The molecule has 0 unspecified atom stereocenters. The number of thiophene rings is 1. The Hall–Kier alpha value is 0.0500. The van der Waals surface area contributed by atoms with Gasteiger partial charge in [-0.15, -0.1) is 11.3 Å². The first-order chi connectivity index (χ1) is 9.50. The molecule has 1 aromatic heterocycles. The zero-order valence-corrected chi connectivity index (χ0v) is 14.3. The van der Waals surface area contributed by atoms with E-state index in [1.54, 1.807) is 10.4 Å². The molecule has 112 valence electrons. The topological polar surface area (TPSA) is 57.6 Å². The zero-order valence-electron chi connectivity index (χ0n) is 11.1. The van der Waals surface area contributed by atoms with E-state index >= 15 is 0 Å². The van der Waals surface area contributed by atoms with E-state index < -0.39 is 10.0 Å².